The molecular formula is C8H9ClN2. The maximum atomic E-state index is 5.97. The zero-order valence-corrected chi connectivity index (χ0v) is 6.78. The van der Waals surface area contributed by atoms with Crippen LogP contribution in [0.3, 0.4) is 0 Å². The fourth-order valence-corrected chi connectivity index (χ4v) is 1.63. The maximum absolute atomic E-state index is 5.97. The van der Waals surface area contributed by atoms with Gasteiger partial charge >= 0.3 is 0 Å². The highest BCUT2D eigenvalue weighted by molar-refractivity contribution is 6.34. The van der Waals surface area contributed by atoms with Crippen molar-refractivity contribution < 1.29 is 0 Å². The van der Waals surface area contributed by atoms with Gasteiger partial charge in [-0.15, -0.1) is 0 Å². The molecule has 0 atom stereocenters. The zero-order valence-electron chi connectivity index (χ0n) is 6.02. The lowest BCUT2D eigenvalue weighted by atomic mass is 10.1. The Bertz CT molecular complexity index is 296. The minimum Gasteiger partial charge on any atom is -0.398 e. The van der Waals surface area contributed by atoms with E-state index >= 15 is 0 Å². The molecule has 0 spiro atoms. The van der Waals surface area contributed by atoms with E-state index in [2.05, 4.69) is 5.32 Å². The standard InChI is InChI=1S/C8H9ClN2/c9-8-5-3-4-11-7(5)2-1-6(8)10/h1-2,11H,3-4,10H2. The van der Waals surface area contributed by atoms with Crippen molar-refractivity contribution >= 4 is 23.0 Å². The van der Waals surface area contributed by atoms with Gasteiger partial charge in [0.25, 0.3) is 0 Å². The van der Waals surface area contributed by atoms with Gasteiger partial charge in [0.2, 0.25) is 0 Å². The first kappa shape index (κ1) is 6.80. The first-order valence-corrected chi connectivity index (χ1v) is 3.97. The summed E-state index contributed by atoms with van der Waals surface area (Å²) in [5, 5.41) is 3.94. The van der Waals surface area contributed by atoms with E-state index < -0.39 is 0 Å². The summed E-state index contributed by atoms with van der Waals surface area (Å²) in [4.78, 5) is 0. The van der Waals surface area contributed by atoms with E-state index in [1.54, 1.807) is 0 Å². The molecule has 0 saturated carbocycles. The topological polar surface area (TPSA) is 38.0 Å². The van der Waals surface area contributed by atoms with E-state index in [-0.39, 0.29) is 0 Å². The van der Waals surface area contributed by atoms with E-state index in [1.165, 1.54) is 0 Å². The molecule has 1 aliphatic rings. The highest BCUT2D eigenvalue weighted by Gasteiger charge is 2.14. The van der Waals surface area contributed by atoms with Crippen LogP contribution in [0.15, 0.2) is 12.1 Å². The lowest BCUT2D eigenvalue weighted by Crippen LogP contribution is -1.90. The molecular weight excluding hydrogens is 160 g/mol. The third-order valence-electron chi connectivity index (χ3n) is 1.96. The first-order chi connectivity index (χ1) is 5.29. The van der Waals surface area contributed by atoms with Gasteiger partial charge in [0.15, 0.2) is 0 Å². The molecule has 0 radical (unpaired) electrons. The van der Waals surface area contributed by atoms with Crippen LogP contribution in [0.4, 0.5) is 11.4 Å². The van der Waals surface area contributed by atoms with Gasteiger partial charge < -0.3 is 11.1 Å². The van der Waals surface area contributed by atoms with E-state index in [0.29, 0.717) is 10.7 Å². The predicted molar refractivity (Wildman–Crippen MR) is 48.1 cm³/mol. The number of nitrogen functional groups attached to an aromatic ring is 1. The highest BCUT2D eigenvalue weighted by atomic mass is 35.5. The molecule has 0 fully saturated rings. The molecule has 0 bridgehead atoms. The van der Waals surface area contributed by atoms with Gasteiger partial charge in [-0.1, -0.05) is 11.6 Å². The molecule has 0 amide bonds. The van der Waals surface area contributed by atoms with Crippen molar-refractivity contribution in [1.82, 2.24) is 0 Å². The first-order valence-electron chi connectivity index (χ1n) is 3.60. The second kappa shape index (κ2) is 2.31. The lowest BCUT2D eigenvalue weighted by molar-refractivity contribution is 1.11. The van der Waals surface area contributed by atoms with Crippen molar-refractivity contribution in [3.63, 3.8) is 0 Å². The normalized spacial score (nSPS) is 14.3. The Morgan fingerprint density at radius 1 is 1.45 bits per heavy atom. The maximum Gasteiger partial charge on any atom is 0.0688 e. The second-order valence-corrected chi connectivity index (χ2v) is 3.05. The number of hydrogen-bond acceptors (Lipinski definition) is 2. The quantitative estimate of drug-likeness (QED) is 0.581. The van der Waals surface area contributed by atoms with Gasteiger partial charge in [0.1, 0.15) is 0 Å². The molecule has 1 aromatic rings. The molecule has 0 saturated heterocycles. The highest BCUT2D eigenvalue weighted by Crippen LogP contribution is 2.33. The van der Waals surface area contributed by atoms with E-state index in [1.807, 2.05) is 12.1 Å². The van der Waals surface area contributed by atoms with E-state index in [0.717, 1.165) is 24.2 Å². The molecule has 1 aliphatic heterocycles. The van der Waals surface area contributed by atoms with Gasteiger partial charge in [-0.2, -0.15) is 0 Å². The number of nitrogens with one attached hydrogen (secondary N) is 1. The Balaban J connectivity index is 2.62. The average Bonchev–Trinajstić information content (AvgIpc) is 2.45. The molecule has 2 rings (SSSR count). The van der Waals surface area contributed by atoms with Gasteiger partial charge in [0.05, 0.1) is 10.7 Å². The number of rotatable bonds is 0. The SMILES string of the molecule is Nc1ccc2c(c1Cl)CCN2. The molecule has 1 heterocycles. The molecule has 11 heavy (non-hydrogen) atoms. The molecule has 0 aromatic heterocycles. The average molecular weight is 169 g/mol. The molecule has 58 valence electrons. The second-order valence-electron chi connectivity index (χ2n) is 2.67. The predicted octanol–water partition coefficient (Wildman–Crippen LogP) is 1.89. The fraction of sp³-hybridized carbons (Fsp3) is 0.250. The number of fused-ring (bicyclic) bond motifs is 1. The monoisotopic (exact) mass is 168 g/mol. The minimum absolute atomic E-state index is 0.675. The fourth-order valence-electron chi connectivity index (χ4n) is 1.37. The van der Waals surface area contributed by atoms with Crippen molar-refractivity contribution in [1.29, 1.82) is 0 Å². The summed E-state index contributed by atoms with van der Waals surface area (Å²) >= 11 is 5.97. The number of benzene rings is 1. The summed E-state index contributed by atoms with van der Waals surface area (Å²) in [5.74, 6) is 0. The van der Waals surface area contributed by atoms with Gasteiger partial charge in [-0.25, -0.2) is 0 Å². The van der Waals surface area contributed by atoms with Crippen LogP contribution in [0.25, 0.3) is 0 Å². The van der Waals surface area contributed by atoms with Crippen LogP contribution >= 0.6 is 11.6 Å². The Morgan fingerprint density at radius 3 is 3.09 bits per heavy atom. The molecule has 3 N–H and O–H groups in total. The summed E-state index contributed by atoms with van der Waals surface area (Å²) in [5.41, 5.74) is 8.60. The van der Waals surface area contributed by atoms with E-state index in [9.17, 15) is 0 Å². The Kier molecular flexibility index (Phi) is 1.43. The van der Waals surface area contributed by atoms with Crippen molar-refractivity contribution in [2.24, 2.45) is 0 Å². The summed E-state index contributed by atoms with van der Waals surface area (Å²) in [6, 6.07) is 3.81. The number of hydrogen-bond donors (Lipinski definition) is 2. The van der Waals surface area contributed by atoms with Crippen LogP contribution in [-0.2, 0) is 6.42 Å². The van der Waals surface area contributed by atoms with Gasteiger partial charge in [-0.3, -0.25) is 0 Å². The summed E-state index contributed by atoms with van der Waals surface area (Å²) < 4.78 is 0. The number of anilines is 2. The van der Waals surface area contributed by atoms with Crippen LogP contribution in [-0.4, -0.2) is 6.54 Å². The van der Waals surface area contributed by atoms with Crippen molar-refractivity contribution in [3.8, 4) is 0 Å². The van der Waals surface area contributed by atoms with Crippen LogP contribution in [0, 0.1) is 0 Å². The Labute approximate surface area is 70.3 Å². The number of halogens is 1. The van der Waals surface area contributed by atoms with Crippen molar-refractivity contribution in [2.75, 3.05) is 17.6 Å². The van der Waals surface area contributed by atoms with Gasteiger partial charge in [-0.05, 0) is 24.1 Å². The third-order valence-corrected chi connectivity index (χ3v) is 2.41. The Hall–Kier alpha value is -0.890. The summed E-state index contributed by atoms with van der Waals surface area (Å²) in [6.45, 7) is 0.971. The number of nitrogens with two attached hydrogens (primary N) is 1. The molecule has 0 unspecified atom stereocenters. The molecule has 0 aliphatic carbocycles. The van der Waals surface area contributed by atoms with Crippen LogP contribution in [0.1, 0.15) is 5.56 Å². The Morgan fingerprint density at radius 2 is 2.27 bits per heavy atom. The lowest BCUT2D eigenvalue weighted by Gasteiger charge is -2.03. The largest absolute Gasteiger partial charge is 0.398 e. The van der Waals surface area contributed by atoms with E-state index in [4.69, 9.17) is 17.3 Å². The summed E-state index contributed by atoms with van der Waals surface area (Å²) in [7, 11) is 0. The molecule has 1 aromatic carbocycles. The van der Waals surface area contributed by atoms with Crippen molar-refractivity contribution in [3.05, 3.63) is 22.7 Å². The van der Waals surface area contributed by atoms with Crippen LogP contribution < -0.4 is 11.1 Å². The van der Waals surface area contributed by atoms with Crippen LogP contribution in [0.5, 0.6) is 0 Å². The van der Waals surface area contributed by atoms with Crippen LogP contribution in [0.2, 0.25) is 5.02 Å². The van der Waals surface area contributed by atoms with Crippen molar-refractivity contribution in [2.45, 2.75) is 6.42 Å². The smallest absolute Gasteiger partial charge is 0.0688 e. The third kappa shape index (κ3) is 0.942. The van der Waals surface area contributed by atoms with Gasteiger partial charge in [0, 0.05) is 12.2 Å². The minimum atomic E-state index is 0.675. The molecule has 3 heteroatoms. The summed E-state index contributed by atoms with van der Waals surface area (Å²) in [6.07, 6.45) is 0.985. The zero-order chi connectivity index (χ0) is 7.84. The molecule has 2 nitrogen and oxygen atoms in total.